The maximum Gasteiger partial charge on any atom is 0.140 e. The van der Waals surface area contributed by atoms with Crippen molar-refractivity contribution in [3.63, 3.8) is 0 Å². The van der Waals surface area contributed by atoms with Crippen LogP contribution in [0.1, 0.15) is 31.7 Å². The van der Waals surface area contributed by atoms with Crippen LogP contribution >= 0.6 is 0 Å². The molecule has 0 saturated heterocycles. The first kappa shape index (κ1) is 13.6. The Balaban J connectivity index is 2.21. The van der Waals surface area contributed by atoms with Gasteiger partial charge in [0.2, 0.25) is 0 Å². The zero-order valence-electron chi connectivity index (χ0n) is 11.3. The number of nitrogens with zero attached hydrogens (tertiary/aromatic N) is 3. The lowest BCUT2D eigenvalue weighted by Crippen LogP contribution is -2.17. The topological polar surface area (TPSA) is 67.6 Å². The minimum absolute atomic E-state index is 0.151. The third-order valence-corrected chi connectivity index (χ3v) is 3.20. The van der Waals surface area contributed by atoms with E-state index in [0.717, 1.165) is 31.5 Å². The van der Waals surface area contributed by atoms with Crippen LogP contribution in [0, 0.1) is 11.3 Å². The molecule has 2 heterocycles. The number of hydrogen-bond acceptors (Lipinski definition) is 3. The van der Waals surface area contributed by atoms with E-state index in [1.54, 1.807) is 0 Å². The minimum atomic E-state index is 0.151. The van der Waals surface area contributed by atoms with E-state index in [0.29, 0.717) is 6.42 Å². The van der Waals surface area contributed by atoms with Crippen LogP contribution in [0.2, 0.25) is 0 Å². The van der Waals surface area contributed by atoms with Crippen molar-refractivity contribution in [1.29, 1.82) is 5.26 Å². The van der Waals surface area contributed by atoms with Gasteiger partial charge in [-0.3, -0.25) is 0 Å². The van der Waals surface area contributed by atoms with Crippen LogP contribution in [0.4, 0.5) is 0 Å². The molecule has 0 aliphatic heterocycles. The summed E-state index contributed by atoms with van der Waals surface area (Å²) in [5.41, 5.74) is 8.18. The second kappa shape index (κ2) is 6.35. The monoisotopic (exact) mass is 256 g/mol. The second-order valence-corrected chi connectivity index (χ2v) is 5.02. The molecule has 100 valence electrons. The van der Waals surface area contributed by atoms with E-state index in [9.17, 15) is 0 Å². The number of aromatic nitrogens is 2. The number of nitrogens with two attached hydrogens (primary N) is 1. The van der Waals surface area contributed by atoms with E-state index in [4.69, 9.17) is 11.0 Å². The van der Waals surface area contributed by atoms with Gasteiger partial charge in [0.05, 0.1) is 6.07 Å². The molecule has 0 spiro atoms. The Morgan fingerprint density at radius 2 is 2.32 bits per heavy atom. The average Bonchev–Trinajstić information content (AvgIpc) is 2.73. The lowest BCUT2D eigenvalue weighted by Gasteiger charge is -2.03. The third-order valence-electron chi connectivity index (χ3n) is 3.20. The van der Waals surface area contributed by atoms with E-state index >= 15 is 0 Å². The largest absolute Gasteiger partial charge is 0.332 e. The standard InChI is InChI=1S/C15H20N4/c1-12(17)10-13-11-19(9-4-2-3-7-16)15-14(13)6-5-8-18-15/h5-6,8,11-12H,2-4,9-10,17H2,1H3. The first-order valence-electron chi connectivity index (χ1n) is 6.77. The van der Waals surface area contributed by atoms with E-state index in [1.165, 1.54) is 10.9 Å². The molecule has 1 unspecified atom stereocenters. The summed E-state index contributed by atoms with van der Waals surface area (Å²) in [4.78, 5) is 4.47. The molecule has 2 rings (SSSR count). The van der Waals surface area contributed by atoms with Crippen molar-refractivity contribution in [1.82, 2.24) is 9.55 Å². The van der Waals surface area contributed by atoms with E-state index in [2.05, 4.69) is 27.9 Å². The Morgan fingerprint density at radius 1 is 1.47 bits per heavy atom. The third kappa shape index (κ3) is 3.33. The molecule has 0 fully saturated rings. The van der Waals surface area contributed by atoms with Gasteiger partial charge in [-0.25, -0.2) is 4.98 Å². The number of rotatable bonds is 6. The fraction of sp³-hybridized carbons (Fsp3) is 0.467. The summed E-state index contributed by atoms with van der Waals surface area (Å²) in [7, 11) is 0. The molecule has 0 aromatic carbocycles. The molecule has 0 radical (unpaired) electrons. The van der Waals surface area contributed by atoms with Crippen LogP contribution in [0.3, 0.4) is 0 Å². The summed E-state index contributed by atoms with van der Waals surface area (Å²) >= 11 is 0. The molecule has 4 heteroatoms. The van der Waals surface area contributed by atoms with Crippen molar-refractivity contribution in [3.8, 4) is 6.07 Å². The zero-order chi connectivity index (χ0) is 13.7. The summed E-state index contributed by atoms with van der Waals surface area (Å²) in [5.74, 6) is 0. The van der Waals surface area contributed by atoms with E-state index < -0.39 is 0 Å². The number of fused-ring (bicyclic) bond motifs is 1. The fourth-order valence-corrected chi connectivity index (χ4v) is 2.36. The normalized spacial score (nSPS) is 12.5. The van der Waals surface area contributed by atoms with Gasteiger partial charge < -0.3 is 10.3 Å². The molecule has 0 amide bonds. The first-order valence-corrected chi connectivity index (χ1v) is 6.77. The smallest absolute Gasteiger partial charge is 0.140 e. The molecular weight excluding hydrogens is 236 g/mol. The van der Waals surface area contributed by atoms with Crippen molar-refractivity contribution in [2.24, 2.45) is 5.73 Å². The van der Waals surface area contributed by atoms with Gasteiger partial charge in [-0.15, -0.1) is 0 Å². The van der Waals surface area contributed by atoms with Crippen LogP contribution in [-0.4, -0.2) is 15.6 Å². The summed E-state index contributed by atoms with van der Waals surface area (Å²) in [6.07, 6.45) is 7.42. The highest BCUT2D eigenvalue weighted by molar-refractivity contribution is 5.80. The van der Waals surface area contributed by atoms with Crippen LogP contribution in [0.15, 0.2) is 24.5 Å². The molecule has 0 bridgehead atoms. The van der Waals surface area contributed by atoms with Gasteiger partial charge in [-0.2, -0.15) is 5.26 Å². The fourth-order valence-electron chi connectivity index (χ4n) is 2.36. The quantitative estimate of drug-likeness (QED) is 0.808. The molecule has 2 N–H and O–H groups in total. The van der Waals surface area contributed by atoms with Crippen LogP contribution in [0.25, 0.3) is 11.0 Å². The summed E-state index contributed by atoms with van der Waals surface area (Å²) in [6.45, 7) is 2.93. The summed E-state index contributed by atoms with van der Waals surface area (Å²) in [6, 6.07) is 6.40. The molecule has 1 atom stereocenters. The maximum absolute atomic E-state index is 8.56. The van der Waals surface area contributed by atoms with Crippen LogP contribution in [-0.2, 0) is 13.0 Å². The Kier molecular flexibility index (Phi) is 4.53. The molecule has 0 aliphatic rings. The molecule has 2 aromatic rings. The first-order chi connectivity index (χ1) is 9.22. The van der Waals surface area contributed by atoms with Crippen molar-refractivity contribution in [3.05, 3.63) is 30.1 Å². The highest BCUT2D eigenvalue weighted by atomic mass is 15.0. The Labute approximate surface area is 113 Å². The lowest BCUT2D eigenvalue weighted by atomic mass is 10.1. The van der Waals surface area contributed by atoms with Crippen molar-refractivity contribution < 1.29 is 0 Å². The number of aryl methyl sites for hydroxylation is 1. The van der Waals surface area contributed by atoms with E-state index in [1.807, 2.05) is 19.2 Å². The van der Waals surface area contributed by atoms with Gasteiger partial charge in [-0.05, 0) is 43.9 Å². The SMILES string of the molecule is CC(N)Cc1cn(CCCCC#N)c2ncccc12. The van der Waals surface area contributed by atoms with Gasteiger partial charge in [0, 0.05) is 36.8 Å². The number of hydrogen-bond donors (Lipinski definition) is 1. The maximum atomic E-state index is 8.56. The molecular formula is C15H20N4. The Bertz CT molecular complexity index is 577. The van der Waals surface area contributed by atoms with Crippen LogP contribution < -0.4 is 5.73 Å². The van der Waals surface area contributed by atoms with Gasteiger partial charge in [0.1, 0.15) is 5.65 Å². The number of unbranched alkanes of at least 4 members (excludes halogenated alkanes) is 2. The van der Waals surface area contributed by atoms with Gasteiger partial charge in [-0.1, -0.05) is 0 Å². The van der Waals surface area contributed by atoms with Gasteiger partial charge in [0.15, 0.2) is 0 Å². The van der Waals surface area contributed by atoms with Crippen LogP contribution in [0.5, 0.6) is 0 Å². The second-order valence-electron chi connectivity index (χ2n) is 5.02. The lowest BCUT2D eigenvalue weighted by molar-refractivity contribution is 0.625. The molecule has 4 nitrogen and oxygen atoms in total. The zero-order valence-corrected chi connectivity index (χ0v) is 11.3. The summed E-state index contributed by atoms with van der Waals surface area (Å²) in [5, 5.41) is 9.75. The number of nitriles is 1. The molecule has 0 aliphatic carbocycles. The average molecular weight is 256 g/mol. The predicted octanol–water partition coefficient (Wildman–Crippen LogP) is 2.62. The molecule has 19 heavy (non-hydrogen) atoms. The van der Waals surface area contributed by atoms with Crippen molar-refractivity contribution in [2.45, 2.75) is 45.2 Å². The van der Waals surface area contributed by atoms with E-state index in [-0.39, 0.29) is 6.04 Å². The van der Waals surface area contributed by atoms with Crippen molar-refractivity contribution in [2.75, 3.05) is 0 Å². The highest BCUT2D eigenvalue weighted by Crippen LogP contribution is 2.21. The highest BCUT2D eigenvalue weighted by Gasteiger charge is 2.10. The Morgan fingerprint density at radius 3 is 3.05 bits per heavy atom. The Hall–Kier alpha value is -1.86. The molecule has 2 aromatic heterocycles. The van der Waals surface area contributed by atoms with Gasteiger partial charge in [0.25, 0.3) is 0 Å². The van der Waals surface area contributed by atoms with Gasteiger partial charge >= 0.3 is 0 Å². The minimum Gasteiger partial charge on any atom is -0.332 e. The number of pyridine rings is 1. The molecule has 0 saturated carbocycles. The predicted molar refractivity (Wildman–Crippen MR) is 76.6 cm³/mol. The summed E-state index contributed by atoms with van der Waals surface area (Å²) < 4.78 is 2.18. The van der Waals surface area contributed by atoms with Crippen molar-refractivity contribution >= 4 is 11.0 Å².